The molecule has 29 heavy (non-hydrogen) atoms. The Labute approximate surface area is 165 Å². The normalized spacial score (nSPS) is 10.7. The second-order valence-corrected chi connectivity index (χ2v) is 6.35. The SMILES string of the molecule is COC(=O)c1ccc(C(=O)Nc2ccc3[nH]c(-c4ccc(F)cc4)nc3c2)cc1. The van der Waals surface area contributed by atoms with Crippen LogP contribution in [0.4, 0.5) is 10.1 Å². The highest BCUT2D eigenvalue weighted by Gasteiger charge is 2.11. The number of carbonyl (C=O) groups is 2. The van der Waals surface area contributed by atoms with Gasteiger partial charge in [0.2, 0.25) is 0 Å². The maximum absolute atomic E-state index is 13.1. The van der Waals surface area contributed by atoms with Gasteiger partial charge in [-0.15, -0.1) is 0 Å². The molecule has 0 aliphatic heterocycles. The highest BCUT2D eigenvalue weighted by atomic mass is 19.1. The zero-order chi connectivity index (χ0) is 20.4. The standard InChI is InChI=1S/C22H16FN3O3/c1-29-22(28)15-4-2-14(3-5-15)21(27)24-17-10-11-18-19(12-17)26-20(25-18)13-6-8-16(23)9-7-13/h2-12H,1H3,(H,24,27)(H,25,26). The molecule has 0 fully saturated rings. The van der Waals surface area contributed by atoms with Crippen molar-refractivity contribution in [3.8, 4) is 11.4 Å². The summed E-state index contributed by atoms with van der Waals surface area (Å²) in [6.07, 6.45) is 0. The fraction of sp³-hybridized carbons (Fsp3) is 0.0455. The van der Waals surface area contributed by atoms with Crippen LogP contribution >= 0.6 is 0 Å². The summed E-state index contributed by atoms with van der Waals surface area (Å²) < 4.78 is 17.8. The number of fused-ring (bicyclic) bond motifs is 1. The number of methoxy groups -OCH3 is 1. The smallest absolute Gasteiger partial charge is 0.337 e. The minimum absolute atomic E-state index is 0.310. The van der Waals surface area contributed by atoms with Crippen LogP contribution in [0.5, 0.6) is 0 Å². The second kappa shape index (κ2) is 7.55. The molecule has 4 rings (SSSR count). The van der Waals surface area contributed by atoms with Gasteiger partial charge in [-0.05, 0) is 66.7 Å². The van der Waals surface area contributed by atoms with Gasteiger partial charge in [0.25, 0.3) is 5.91 Å². The molecule has 6 nitrogen and oxygen atoms in total. The molecular weight excluding hydrogens is 373 g/mol. The Morgan fingerprint density at radius 1 is 0.966 bits per heavy atom. The predicted octanol–water partition coefficient (Wildman–Crippen LogP) is 4.41. The van der Waals surface area contributed by atoms with Gasteiger partial charge in [0, 0.05) is 16.8 Å². The number of esters is 1. The highest BCUT2D eigenvalue weighted by Crippen LogP contribution is 2.23. The lowest BCUT2D eigenvalue weighted by atomic mass is 10.1. The van der Waals surface area contributed by atoms with Gasteiger partial charge >= 0.3 is 5.97 Å². The summed E-state index contributed by atoms with van der Waals surface area (Å²) in [5.41, 5.74) is 3.59. The minimum Gasteiger partial charge on any atom is -0.465 e. The van der Waals surface area contributed by atoms with Gasteiger partial charge in [0.05, 0.1) is 23.7 Å². The first-order chi connectivity index (χ1) is 14.0. The van der Waals surface area contributed by atoms with E-state index in [0.717, 1.165) is 11.1 Å². The predicted molar refractivity (Wildman–Crippen MR) is 107 cm³/mol. The topological polar surface area (TPSA) is 84.1 Å². The van der Waals surface area contributed by atoms with Crippen LogP contribution in [0.25, 0.3) is 22.4 Å². The number of halogens is 1. The van der Waals surface area contributed by atoms with Gasteiger partial charge in [-0.25, -0.2) is 14.2 Å². The number of aromatic amines is 1. The number of benzene rings is 3. The Kier molecular flexibility index (Phi) is 4.78. The lowest BCUT2D eigenvalue weighted by Gasteiger charge is -2.06. The summed E-state index contributed by atoms with van der Waals surface area (Å²) in [4.78, 5) is 31.6. The third kappa shape index (κ3) is 3.84. The van der Waals surface area contributed by atoms with Crippen LogP contribution < -0.4 is 5.32 Å². The van der Waals surface area contributed by atoms with Crippen molar-refractivity contribution in [1.29, 1.82) is 0 Å². The lowest BCUT2D eigenvalue weighted by Crippen LogP contribution is -2.12. The molecule has 1 amide bonds. The number of hydrogen-bond donors (Lipinski definition) is 2. The Balaban J connectivity index is 1.54. The van der Waals surface area contributed by atoms with Crippen molar-refractivity contribution < 1.29 is 18.7 Å². The molecule has 3 aromatic carbocycles. The summed E-state index contributed by atoms with van der Waals surface area (Å²) in [7, 11) is 1.30. The molecule has 2 N–H and O–H groups in total. The third-order valence-electron chi connectivity index (χ3n) is 4.43. The number of anilines is 1. The molecular formula is C22H16FN3O3. The van der Waals surface area contributed by atoms with E-state index in [4.69, 9.17) is 0 Å². The molecule has 0 unspecified atom stereocenters. The summed E-state index contributed by atoms with van der Waals surface area (Å²) in [6.45, 7) is 0. The Morgan fingerprint density at radius 2 is 1.66 bits per heavy atom. The summed E-state index contributed by atoms with van der Waals surface area (Å²) in [5.74, 6) is -0.468. The van der Waals surface area contributed by atoms with Crippen molar-refractivity contribution in [3.63, 3.8) is 0 Å². The zero-order valence-corrected chi connectivity index (χ0v) is 15.4. The van der Waals surface area contributed by atoms with Gasteiger partial charge < -0.3 is 15.0 Å². The highest BCUT2D eigenvalue weighted by molar-refractivity contribution is 6.05. The lowest BCUT2D eigenvalue weighted by molar-refractivity contribution is 0.0600. The number of nitrogens with zero attached hydrogens (tertiary/aromatic N) is 1. The summed E-state index contributed by atoms with van der Waals surface area (Å²) >= 11 is 0. The molecule has 4 aromatic rings. The van der Waals surface area contributed by atoms with E-state index in [1.54, 1.807) is 36.4 Å². The molecule has 0 saturated heterocycles. The number of ether oxygens (including phenoxy) is 1. The van der Waals surface area contributed by atoms with Crippen LogP contribution in [-0.2, 0) is 4.74 Å². The fourth-order valence-electron chi connectivity index (χ4n) is 2.91. The number of imidazole rings is 1. The van der Waals surface area contributed by atoms with Crippen molar-refractivity contribution in [1.82, 2.24) is 9.97 Å². The van der Waals surface area contributed by atoms with Gasteiger partial charge in [0.15, 0.2) is 0 Å². The number of carbonyl (C=O) groups excluding carboxylic acids is 2. The van der Waals surface area contributed by atoms with E-state index >= 15 is 0 Å². The van der Waals surface area contributed by atoms with Crippen LogP contribution in [-0.4, -0.2) is 29.0 Å². The van der Waals surface area contributed by atoms with Crippen LogP contribution in [0, 0.1) is 5.82 Å². The van der Waals surface area contributed by atoms with Crippen molar-refractivity contribution >= 4 is 28.6 Å². The molecule has 144 valence electrons. The number of nitrogens with one attached hydrogen (secondary N) is 2. The largest absolute Gasteiger partial charge is 0.465 e. The van der Waals surface area contributed by atoms with Crippen molar-refractivity contribution in [2.75, 3.05) is 12.4 Å². The van der Waals surface area contributed by atoms with Gasteiger partial charge in [-0.3, -0.25) is 4.79 Å². The zero-order valence-electron chi connectivity index (χ0n) is 15.4. The average Bonchev–Trinajstić information content (AvgIpc) is 3.17. The first kappa shape index (κ1) is 18.4. The summed E-state index contributed by atoms with van der Waals surface area (Å²) in [6, 6.07) is 17.5. The molecule has 1 heterocycles. The van der Waals surface area contributed by atoms with Gasteiger partial charge in [0.1, 0.15) is 11.6 Å². The van der Waals surface area contributed by atoms with E-state index in [-0.39, 0.29) is 11.7 Å². The fourth-order valence-corrected chi connectivity index (χ4v) is 2.91. The van der Waals surface area contributed by atoms with Crippen molar-refractivity contribution in [3.05, 3.63) is 83.7 Å². The van der Waals surface area contributed by atoms with E-state index in [2.05, 4.69) is 20.0 Å². The second-order valence-electron chi connectivity index (χ2n) is 6.35. The molecule has 0 aliphatic rings. The maximum atomic E-state index is 13.1. The number of hydrogen-bond acceptors (Lipinski definition) is 4. The Bertz CT molecular complexity index is 1200. The van der Waals surface area contributed by atoms with Crippen molar-refractivity contribution in [2.24, 2.45) is 0 Å². The Morgan fingerprint density at radius 3 is 2.34 bits per heavy atom. The molecule has 1 aromatic heterocycles. The van der Waals surface area contributed by atoms with E-state index in [9.17, 15) is 14.0 Å². The van der Waals surface area contributed by atoms with E-state index < -0.39 is 5.97 Å². The molecule has 0 atom stereocenters. The molecule has 0 aliphatic carbocycles. The van der Waals surface area contributed by atoms with Crippen LogP contribution in [0.1, 0.15) is 20.7 Å². The maximum Gasteiger partial charge on any atom is 0.337 e. The molecule has 0 radical (unpaired) electrons. The van der Waals surface area contributed by atoms with E-state index in [1.165, 1.54) is 31.4 Å². The molecule has 7 heteroatoms. The van der Waals surface area contributed by atoms with Crippen LogP contribution in [0.3, 0.4) is 0 Å². The van der Waals surface area contributed by atoms with Crippen molar-refractivity contribution in [2.45, 2.75) is 0 Å². The molecule has 0 spiro atoms. The number of aromatic nitrogens is 2. The first-order valence-corrected chi connectivity index (χ1v) is 8.79. The Hall–Kier alpha value is -4.00. The van der Waals surface area contributed by atoms with E-state index in [1.807, 2.05) is 6.07 Å². The summed E-state index contributed by atoms with van der Waals surface area (Å²) in [5, 5.41) is 2.81. The first-order valence-electron chi connectivity index (χ1n) is 8.79. The van der Waals surface area contributed by atoms with E-state index in [0.29, 0.717) is 28.2 Å². The molecule has 0 bridgehead atoms. The molecule has 0 saturated carbocycles. The monoisotopic (exact) mass is 389 g/mol. The number of H-pyrrole nitrogens is 1. The van der Waals surface area contributed by atoms with Gasteiger partial charge in [-0.1, -0.05) is 0 Å². The third-order valence-corrected chi connectivity index (χ3v) is 4.43. The minimum atomic E-state index is -0.460. The van der Waals surface area contributed by atoms with Crippen LogP contribution in [0.15, 0.2) is 66.7 Å². The number of rotatable bonds is 4. The van der Waals surface area contributed by atoms with Crippen LogP contribution in [0.2, 0.25) is 0 Å². The number of amides is 1. The van der Waals surface area contributed by atoms with Gasteiger partial charge in [-0.2, -0.15) is 0 Å². The average molecular weight is 389 g/mol. The quantitative estimate of drug-likeness (QED) is 0.507.